The van der Waals surface area contributed by atoms with E-state index in [0.717, 1.165) is 11.1 Å². The van der Waals surface area contributed by atoms with Crippen LogP contribution in [0.15, 0.2) is 103 Å². The van der Waals surface area contributed by atoms with Gasteiger partial charge in [0.25, 0.3) is 0 Å². The number of esters is 1. The third-order valence-corrected chi connectivity index (χ3v) is 5.42. The fourth-order valence-electron chi connectivity index (χ4n) is 3.13. The highest BCUT2D eigenvalue weighted by Crippen LogP contribution is 2.32. The lowest BCUT2D eigenvalue weighted by Crippen LogP contribution is -2.45. The van der Waals surface area contributed by atoms with Crippen LogP contribution in [0.25, 0.3) is 6.08 Å². The number of carbonyl (C=O) groups excluding carboxylic acids is 1. The Labute approximate surface area is 202 Å². The summed E-state index contributed by atoms with van der Waals surface area (Å²) in [5, 5.41) is 0. The molecule has 0 radical (unpaired) electrons. The summed E-state index contributed by atoms with van der Waals surface area (Å²) in [6, 6.07) is 32.0. The van der Waals surface area contributed by atoms with Crippen LogP contribution < -0.4 is 0 Å². The van der Waals surface area contributed by atoms with Crippen LogP contribution in [0.4, 0.5) is 0 Å². The summed E-state index contributed by atoms with van der Waals surface area (Å²) in [5.74, 6) is -0.162. The summed E-state index contributed by atoms with van der Waals surface area (Å²) in [6.07, 6.45) is 4.70. The number of rotatable bonds is 4. The molecular formula is C29H38NO2P. The highest BCUT2D eigenvalue weighted by Gasteiger charge is 2.35. The van der Waals surface area contributed by atoms with Crippen molar-refractivity contribution in [3.8, 4) is 0 Å². The van der Waals surface area contributed by atoms with Gasteiger partial charge in [0.1, 0.15) is 12.6 Å². The van der Waals surface area contributed by atoms with Crippen LogP contribution in [0.2, 0.25) is 0 Å². The molecule has 3 nitrogen and oxygen atoms in total. The lowest BCUT2D eigenvalue weighted by Gasteiger charge is -2.37. The summed E-state index contributed by atoms with van der Waals surface area (Å²) in [7, 11) is 2.70. The first-order valence-corrected chi connectivity index (χ1v) is 12.2. The molecule has 0 spiro atoms. The fraction of sp³-hybridized carbons (Fsp3) is 0.276. The molecular weight excluding hydrogens is 425 g/mol. The van der Waals surface area contributed by atoms with Crippen LogP contribution in [0.3, 0.4) is 0 Å². The molecule has 3 atom stereocenters. The van der Waals surface area contributed by atoms with E-state index in [2.05, 4.69) is 21.5 Å². The van der Waals surface area contributed by atoms with Crippen molar-refractivity contribution in [1.82, 2.24) is 4.67 Å². The van der Waals surface area contributed by atoms with Crippen molar-refractivity contribution in [2.75, 3.05) is 6.61 Å². The molecule has 0 aromatic heterocycles. The second-order valence-corrected chi connectivity index (χ2v) is 7.32. The minimum atomic E-state index is -0.279. The lowest BCUT2D eigenvalue weighted by atomic mass is 10.0. The Morgan fingerprint density at radius 2 is 1.27 bits per heavy atom. The molecule has 4 rings (SSSR count). The molecule has 1 aliphatic rings. The van der Waals surface area contributed by atoms with E-state index in [0.29, 0.717) is 13.0 Å². The van der Waals surface area contributed by atoms with Gasteiger partial charge in [-0.15, -0.1) is 0 Å². The predicted octanol–water partition coefficient (Wildman–Crippen LogP) is 7.59. The first-order valence-electron chi connectivity index (χ1n) is 11.7. The Kier molecular flexibility index (Phi) is 15.2. The molecule has 1 saturated heterocycles. The maximum atomic E-state index is 12.1. The van der Waals surface area contributed by atoms with Crippen molar-refractivity contribution in [3.05, 3.63) is 114 Å². The number of benzene rings is 3. The Bertz CT molecular complexity index is 859. The Balaban J connectivity index is 0.000000460. The largest absolute Gasteiger partial charge is 0.462 e. The Morgan fingerprint density at radius 3 is 1.79 bits per heavy atom. The molecule has 176 valence electrons. The molecule has 0 saturated carbocycles. The molecule has 2 unspecified atom stereocenters. The second-order valence-electron chi connectivity index (χ2n) is 6.72. The van der Waals surface area contributed by atoms with E-state index in [4.69, 9.17) is 4.74 Å². The van der Waals surface area contributed by atoms with Gasteiger partial charge in [-0.25, -0.2) is 0 Å². The fourth-order valence-corrected chi connectivity index (χ4v) is 3.63. The molecule has 3 aromatic rings. The van der Waals surface area contributed by atoms with Gasteiger partial charge in [0, 0.05) is 0 Å². The van der Waals surface area contributed by atoms with Gasteiger partial charge < -0.3 is 4.74 Å². The van der Waals surface area contributed by atoms with Gasteiger partial charge in [0.05, 0.1) is 6.04 Å². The van der Waals surface area contributed by atoms with Crippen molar-refractivity contribution in [2.24, 2.45) is 0 Å². The van der Waals surface area contributed by atoms with Gasteiger partial charge in [-0.05, 0) is 17.5 Å². The molecule has 1 fully saturated rings. The maximum absolute atomic E-state index is 12.1. The number of carbonyl (C=O) groups is 1. The zero-order chi connectivity index (χ0) is 24.3. The van der Waals surface area contributed by atoms with Crippen molar-refractivity contribution in [2.45, 2.75) is 46.2 Å². The minimum Gasteiger partial charge on any atom is -0.462 e. The highest BCUT2D eigenvalue weighted by atomic mass is 31.0. The number of morpholine rings is 1. The minimum absolute atomic E-state index is 0.0778. The van der Waals surface area contributed by atoms with E-state index < -0.39 is 0 Å². The van der Waals surface area contributed by atoms with Gasteiger partial charge in [0.2, 0.25) is 0 Å². The van der Waals surface area contributed by atoms with Crippen LogP contribution in [-0.4, -0.2) is 23.3 Å². The summed E-state index contributed by atoms with van der Waals surface area (Å²) >= 11 is 0. The highest BCUT2D eigenvalue weighted by molar-refractivity contribution is 7.13. The zero-order valence-electron chi connectivity index (χ0n) is 20.3. The maximum Gasteiger partial charge on any atom is 0.324 e. The number of hydrogen-bond acceptors (Lipinski definition) is 3. The third kappa shape index (κ3) is 10.2. The van der Waals surface area contributed by atoms with Crippen molar-refractivity contribution < 1.29 is 9.53 Å². The van der Waals surface area contributed by atoms with E-state index in [1.807, 2.05) is 129 Å². The van der Waals surface area contributed by atoms with Crippen molar-refractivity contribution in [3.63, 3.8) is 0 Å². The summed E-state index contributed by atoms with van der Waals surface area (Å²) in [4.78, 5) is 12.1. The van der Waals surface area contributed by atoms with E-state index in [1.165, 1.54) is 0 Å². The van der Waals surface area contributed by atoms with Crippen LogP contribution in [-0.2, 0) is 9.53 Å². The molecule has 0 bridgehead atoms. The molecule has 0 aliphatic carbocycles. The van der Waals surface area contributed by atoms with E-state index in [1.54, 1.807) is 0 Å². The van der Waals surface area contributed by atoms with E-state index in [9.17, 15) is 4.79 Å². The number of hydrogen-bond donors (Lipinski definition) is 0. The molecule has 4 heteroatoms. The van der Waals surface area contributed by atoms with Gasteiger partial charge >= 0.3 is 5.97 Å². The van der Waals surface area contributed by atoms with Crippen LogP contribution >= 0.6 is 9.39 Å². The van der Waals surface area contributed by atoms with Gasteiger partial charge in [-0.1, -0.05) is 146 Å². The molecule has 0 N–H and O–H groups in total. The number of nitrogens with zero attached hydrogens (tertiary/aromatic N) is 1. The summed E-state index contributed by atoms with van der Waals surface area (Å²) in [6.45, 7) is 8.39. The lowest BCUT2D eigenvalue weighted by molar-refractivity contribution is -0.156. The molecule has 0 amide bonds. The quantitative estimate of drug-likeness (QED) is 0.295. The predicted molar refractivity (Wildman–Crippen MR) is 145 cm³/mol. The van der Waals surface area contributed by atoms with Crippen molar-refractivity contribution in [1.29, 1.82) is 0 Å². The van der Waals surface area contributed by atoms with Gasteiger partial charge in [-0.2, -0.15) is 0 Å². The average molecular weight is 464 g/mol. The van der Waals surface area contributed by atoms with Crippen LogP contribution in [0.1, 0.15) is 51.3 Å². The smallest absolute Gasteiger partial charge is 0.324 e. The van der Waals surface area contributed by atoms with Gasteiger partial charge in [-0.3, -0.25) is 9.46 Å². The first-order chi connectivity index (χ1) is 16.3. The average Bonchev–Trinajstić information content (AvgIpc) is 2.91. The normalized spacial score (nSPS) is 17.3. The molecule has 1 heterocycles. The SMILES string of the molecule is CC.CC.O=C1OC[C@@H](c2ccccc2)N(P)C1C/C=C/c1ccccc1.c1ccccc1. The molecule has 33 heavy (non-hydrogen) atoms. The summed E-state index contributed by atoms with van der Waals surface area (Å²) in [5.41, 5.74) is 2.29. The van der Waals surface area contributed by atoms with Crippen LogP contribution in [0.5, 0.6) is 0 Å². The third-order valence-electron chi connectivity index (χ3n) is 4.70. The van der Waals surface area contributed by atoms with E-state index >= 15 is 0 Å². The van der Waals surface area contributed by atoms with Crippen LogP contribution in [0, 0.1) is 0 Å². The monoisotopic (exact) mass is 463 g/mol. The van der Waals surface area contributed by atoms with Gasteiger partial charge in [0.15, 0.2) is 0 Å². The first kappa shape index (κ1) is 28.3. The Hall–Kier alpha value is -2.74. The standard InChI is InChI=1S/C19H20NO2P.C6H6.2C2H6/c21-19-17(13-7-10-15-8-3-1-4-9-15)20(23)18(14-22-19)16-11-5-2-6-12-16;1-2-4-6-5-3-1;2*1-2/h1-12,17-18H,13-14,23H2;1-6H;2*1-2H3/b10-7+;;;/t17?,18-;;;/m0.../s1. The Morgan fingerprint density at radius 1 is 0.818 bits per heavy atom. The second kappa shape index (κ2) is 17.8. The van der Waals surface area contributed by atoms with E-state index in [-0.39, 0.29) is 18.1 Å². The zero-order valence-corrected chi connectivity index (χ0v) is 21.5. The number of ether oxygens (including phenoxy) is 1. The summed E-state index contributed by atoms with van der Waals surface area (Å²) < 4.78 is 7.44. The molecule has 1 aliphatic heterocycles. The number of cyclic esters (lactones) is 1. The topological polar surface area (TPSA) is 29.5 Å². The molecule has 3 aromatic carbocycles. The van der Waals surface area contributed by atoms with Crippen molar-refractivity contribution >= 4 is 21.4 Å².